The molecule has 0 unspecified atom stereocenters. The van der Waals surface area contributed by atoms with Crippen LogP contribution in [0.15, 0.2) is 42.5 Å². The van der Waals surface area contributed by atoms with Gasteiger partial charge in [-0.25, -0.2) is 0 Å². The zero-order chi connectivity index (χ0) is 14.5. The van der Waals surface area contributed by atoms with Crippen LogP contribution >= 0.6 is 11.6 Å². The molecule has 0 saturated heterocycles. The summed E-state index contributed by atoms with van der Waals surface area (Å²) in [4.78, 5) is 2.27. The molecule has 3 heteroatoms. The van der Waals surface area contributed by atoms with Gasteiger partial charge in [0, 0.05) is 29.5 Å². The van der Waals surface area contributed by atoms with E-state index in [4.69, 9.17) is 11.6 Å². The highest BCUT2D eigenvalue weighted by Crippen LogP contribution is 2.29. The van der Waals surface area contributed by atoms with Crippen LogP contribution in [0.4, 0.5) is 11.4 Å². The van der Waals surface area contributed by atoms with E-state index in [-0.39, 0.29) is 0 Å². The van der Waals surface area contributed by atoms with E-state index >= 15 is 0 Å². The second-order valence-corrected chi connectivity index (χ2v) is 5.30. The number of benzene rings is 2. The van der Waals surface area contributed by atoms with Gasteiger partial charge in [0.05, 0.1) is 0 Å². The SMILES string of the molecule is CCN(c1cccc(C)c1)c1ccc(CNC)c(Cl)c1. The zero-order valence-electron chi connectivity index (χ0n) is 12.3. The van der Waals surface area contributed by atoms with E-state index in [1.165, 1.54) is 11.3 Å². The summed E-state index contributed by atoms with van der Waals surface area (Å²) in [6, 6.07) is 14.8. The zero-order valence-corrected chi connectivity index (χ0v) is 13.0. The third kappa shape index (κ3) is 3.33. The Balaban J connectivity index is 2.35. The number of aryl methyl sites for hydroxylation is 1. The molecule has 20 heavy (non-hydrogen) atoms. The predicted molar refractivity (Wildman–Crippen MR) is 88.1 cm³/mol. The lowest BCUT2D eigenvalue weighted by atomic mass is 10.1. The molecular weight excluding hydrogens is 268 g/mol. The average Bonchev–Trinajstić information content (AvgIpc) is 2.43. The Bertz CT molecular complexity index is 581. The first-order valence-corrected chi connectivity index (χ1v) is 7.30. The Hall–Kier alpha value is -1.51. The van der Waals surface area contributed by atoms with Crippen LogP contribution in [0.5, 0.6) is 0 Å². The van der Waals surface area contributed by atoms with Crippen molar-refractivity contribution >= 4 is 23.0 Å². The molecule has 0 heterocycles. The molecule has 0 fully saturated rings. The molecule has 2 aromatic rings. The maximum Gasteiger partial charge on any atom is 0.0471 e. The topological polar surface area (TPSA) is 15.3 Å². The molecule has 2 rings (SSSR count). The highest BCUT2D eigenvalue weighted by Gasteiger charge is 2.09. The van der Waals surface area contributed by atoms with E-state index in [1.54, 1.807) is 0 Å². The van der Waals surface area contributed by atoms with Crippen molar-refractivity contribution in [2.24, 2.45) is 0 Å². The molecule has 106 valence electrons. The van der Waals surface area contributed by atoms with Gasteiger partial charge < -0.3 is 10.2 Å². The Kier molecular flexibility index (Phi) is 5.05. The number of rotatable bonds is 5. The summed E-state index contributed by atoms with van der Waals surface area (Å²) >= 11 is 6.36. The molecular formula is C17H21ClN2. The number of hydrogen-bond acceptors (Lipinski definition) is 2. The van der Waals surface area contributed by atoms with E-state index in [9.17, 15) is 0 Å². The van der Waals surface area contributed by atoms with Gasteiger partial charge in [0.15, 0.2) is 0 Å². The van der Waals surface area contributed by atoms with Crippen molar-refractivity contribution in [3.8, 4) is 0 Å². The van der Waals surface area contributed by atoms with Gasteiger partial charge in [-0.05, 0) is 56.3 Å². The molecule has 0 radical (unpaired) electrons. The fourth-order valence-corrected chi connectivity index (χ4v) is 2.59. The summed E-state index contributed by atoms with van der Waals surface area (Å²) < 4.78 is 0. The highest BCUT2D eigenvalue weighted by atomic mass is 35.5. The molecule has 2 aromatic carbocycles. The molecule has 1 N–H and O–H groups in total. The standard InChI is InChI=1S/C17H21ClN2/c1-4-20(15-7-5-6-13(2)10-15)16-9-8-14(12-19-3)17(18)11-16/h5-11,19H,4,12H2,1-3H3. The Morgan fingerprint density at radius 1 is 1.10 bits per heavy atom. The second-order valence-electron chi connectivity index (χ2n) is 4.89. The van der Waals surface area contributed by atoms with Gasteiger partial charge in [-0.2, -0.15) is 0 Å². The Morgan fingerprint density at radius 2 is 1.85 bits per heavy atom. The van der Waals surface area contributed by atoms with Gasteiger partial charge in [-0.1, -0.05) is 29.8 Å². The van der Waals surface area contributed by atoms with Crippen molar-refractivity contribution in [2.45, 2.75) is 20.4 Å². The molecule has 0 aliphatic heterocycles. The largest absolute Gasteiger partial charge is 0.342 e. The summed E-state index contributed by atoms with van der Waals surface area (Å²) in [5.74, 6) is 0. The average molecular weight is 289 g/mol. The van der Waals surface area contributed by atoms with Crippen LogP contribution in [-0.2, 0) is 6.54 Å². The fraction of sp³-hybridized carbons (Fsp3) is 0.294. The van der Waals surface area contributed by atoms with E-state index < -0.39 is 0 Å². The minimum absolute atomic E-state index is 0.787. The van der Waals surface area contributed by atoms with E-state index in [0.717, 1.165) is 29.4 Å². The summed E-state index contributed by atoms with van der Waals surface area (Å²) in [6.45, 7) is 5.96. The van der Waals surface area contributed by atoms with E-state index in [1.807, 2.05) is 13.1 Å². The van der Waals surface area contributed by atoms with Crippen LogP contribution in [0.1, 0.15) is 18.1 Å². The number of nitrogens with zero attached hydrogens (tertiary/aromatic N) is 1. The molecule has 0 bridgehead atoms. The number of nitrogens with one attached hydrogen (secondary N) is 1. The lowest BCUT2D eigenvalue weighted by Gasteiger charge is -2.24. The van der Waals surface area contributed by atoms with Crippen LogP contribution in [0.3, 0.4) is 0 Å². The van der Waals surface area contributed by atoms with Crippen LogP contribution in [0, 0.1) is 6.92 Å². The molecule has 0 spiro atoms. The van der Waals surface area contributed by atoms with Gasteiger partial charge in [0.2, 0.25) is 0 Å². The quantitative estimate of drug-likeness (QED) is 0.870. The minimum atomic E-state index is 0.787. The highest BCUT2D eigenvalue weighted by molar-refractivity contribution is 6.31. The smallest absolute Gasteiger partial charge is 0.0471 e. The van der Waals surface area contributed by atoms with E-state index in [0.29, 0.717) is 0 Å². The van der Waals surface area contributed by atoms with Gasteiger partial charge in [0.1, 0.15) is 0 Å². The molecule has 0 aliphatic rings. The maximum atomic E-state index is 6.36. The first kappa shape index (κ1) is 14.9. The van der Waals surface area contributed by atoms with E-state index in [2.05, 4.69) is 60.5 Å². The van der Waals surface area contributed by atoms with Crippen molar-refractivity contribution < 1.29 is 0 Å². The molecule has 2 nitrogen and oxygen atoms in total. The van der Waals surface area contributed by atoms with Crippen molar-refractivity contribution in [1.82, 2.24) is 5.32 Å². The normalized spacial score (nSPS) is 10.6. The van der Waals surface area contributed by atoms with Crippen LogP contribution < -0.4 is 10.2 Å². The number of anilines is 2. The third-order valence-corrected chi connectivity index (χ3v) is 3.70. The van der Waals surface area contributed by atoms with Gasteiger partial charge in [-0.15, -0.1) is 0 Å². The van der Waals surface area contributed by atoms with Crippen molar-refractivity contribution in [1.29, 1.82) is 0 Å². The lowest BCUT2D eigenvalue weighted by Crippen LogP contribution is -2.16. The predicted octanol–water partition coefficient (Wildman–Crippen LogP) is 4.53. The molecule has 0 aliphatic carbocycles. The van der Waals surface area contributed by atoms with Crippen molar-refractivity contribution in [3.05, 3.63) is 58.6 Å². The second kappa shape index (κ2) is 6.78. The van der Waals surface area contributed by atoms with Crippen LogP contribution in [0.25, 0.3) is 0 Å². The van der Waals surface area contributed by atoms with Gasteiger partial charge in [0.25, 0.3) is 0 Å². The first-order valence-electron chi connectivity index (χ1n) is 6.93. The van der Waals surface area contributed by atoms with Crippen molar-refractivity contribution in [2.75, 3.05) is 18.5 Å². The Labute approximate surface area is 126 Å². The number of hydrogen-bond donors (Lipinski definition) is 1. The lowest BCUT2D eigenvalue weighted by molar-refractivity contribution is 0.818. The molecule has 0 atom stereocenters. The summed E-state index contributed by atoms with van der Waals surface area (Å²) in [5, 5.41) is 3.94. The third-order valence-electron chi connectivity index (χ3n) is 3.35. The van der Waals surface area contributed by atoms with Crippen LogP contribution in [-0.4, -0.2) is 13.6 Å². The molecule has 0 saturated carbocycles. The van der Waals surface area contributed by atoms with Crippen molar-refractivity contribution in [3.63, 3.8) is 0 Å². The Morgan fingerprint density at radius 3 is 2.45 bits per heavy atom. The van der Waals surface area contributed by atoms with Gasteiger partial charge >= 0.3 is 0 Å². The fourth-order valence-electron chi connectivity index (χ4n) is 2.35. The number of halogens is 1. The van der Waals surface area contributed by atoms with Crippen LogP contribution in [0.2, 0.25) is 5.02 Å². The summed E-state index contributed by atoms with van der Waals surface area (Å²) in [7, 11) is 1.93. The van der Waals surface area contributed by atoms with Gasteiger partial charge in [-0.3, -0.25) is 0 Å². The summed E-state index contributed by atoms with van der Waals surface area (Å²) in [5.41, 5.74) is 4.71. The maximum absolute atomic E-state index is 6.36. The molecule has 0 aromatic heterocycles. The summed E-state index contributed by atoms with van der Waals surface area (Å²) in [6.07, 6.45) is 0. The minimum Gasteiger partial charge on any atom is -0.342 e. The first-order chi connectivity index (χ1) is 9.65. The monoisotopic (exact) mass is 288 g/mol. The molecule has 0 amide bonds.